The summed E-state index contributed by atoms with van der Waals surface area (Å²) in [7, 11) is 1.78. The molecule has 1 fully saturated rings. The molecule has 1 saturated heterocycles. The first-order valence-electron chi connectivity index (χ1n) is 5.25. The van der Waals surface area contributed by atoms with Crippen molar-refractivity contribution in [3.05, 3.63) is 0 Å². The van der Waals surface area contributed by atoms with Crippen LogP contribution in [-0.4, -0.2) is 48.1 Å². The zero-order valence-electron chi connectivity index (χ0n) is 9.19. The number of carboxylic acid groups (broad SMARTS) is 1. The Hall–Kier alpha value is -1.10. The molecule has 0 aromatic rings. The third-order valence-corrected chi connectivity index (χ3v) is 2.75. The molecule has 2 atom stereocenters. The molecule has 0 aliphatic carbocycles. The second-order valence-electron chi connectivity index (χ2n) is 3.99. The summed E-state index contributed by atoms with van der Waals surface area (Å²) in [5, 5.41) is 11.9. The zero-order valence-corrected chi connectivity index (χ0v) is 9.19. The van der Waals surface area contributed by atoms with Gasteiger partial charge in [-0.3, -0.25) is 4.79 Å². The fourth-order valence-electron chi connectivity index (χ4n) is 1.96. The number of carbonyl (C=O) groups excluding carboxylic acids is 1. The number of carboxylic acids is 1. The van der Waals surface area contributed by atoms with E-state index in [0.29, 0.717) is 19.5 Å². The van der Waals surface area contributed by atoms with Crippen molar-refractivity contribution >= 4 is 11.9 Å². The van der Waals surface area contributed by atoms with Crippen molar-refractivity contribution < 1.29 is 14.7 Å². The molecule has 1 heterocycles. The van der Waals surface area contributed by atoms with Gasteiger partial charge in [-0.05, 0) is 19.9 Å². The Morgan fingerprint density at radius 1 is 1.60 bits per heavy atom. The smallest absolute Gasteiger partial charge is 0.326 e. The Bertz CT molecular complexity index is 255. The van der Waals surface area contributed by atoms with E-state index in [1.54, 1.807) is 7.05 Å². The average Bonchev–Trinajstić information content (AvgIpc) is 2.65. The van der Waals surface area contributed by atoms with Gasteiger partial charge in [-0.2, -0.15) is 0 Å². The second-order valence-corrected chi connectivity index (χ2v) is 3.99. The van der Waals surface area contributed by atoms with E-state index in [1.165, 1.54) is 4.90 Å². The monoisotopic (exact) mass is 214 g/mol. The van der Waals surface area contributed by atoms with Gasteiger partial charge in [-0.15, -0.1) is 0 Å². The molecule has 5 nitrogen and oxygen atoms in total. The highest BCUT2D eigenvalue weighted by Gasteiger charge is 2.35. The minimum Gasteiger partial charge on any atom is -0.480 e. The highest BCUT2D eigenvalue weighted by Crippen LogP contribution is 2.19. The number of aliphatic carboxylic acids is 1. The van der Waals surface area contributed by atoms with E-state index in [9.17, 15) is 9.59 Å². The maximum atomic E-state index is 11.9. The van der Waals surface area contributed by atoms with Crippen LogP contribution in [0.2, 0.25) is 0 Å². The normalized spacial score (nSPS) is 22.8. The molecule has 1 amide bonds. The molecule has 1 aliphatic rings. The van der Waals surface area contributed by atoms with Gasteiger partial charge in [0.25, 0.3) is 0 Å². The molecule has 1 rings (SSSR count). The van der Waals surface area contributed by atoms with E-state index in [0.717, 1.165) is 6.42 Å². The summed E-state index contributed by atoms with van der Waals surface area (Å²) in [4.78, 5) is 24.3. The number of likely N-dealkylation sites (tertiary alicyclic amines) is 1. The topological polar surface area (TPSA) is 69.6 Å². The van der Waals surface area contributed by atoms with Crippen LogP contribution < -0.4 is 5.32 Å². The van der Waals surface area contributed by atoms with E-state index in [1.807, 2.05) is 6.92 Å². The van der Waals surface area contributed by atoms with E-state index < -0.39 is 12.0 Å². The van der Waals surface area contributed by atoms with Gasteiger partial charge in [-0.25, -0.2) is 4.79 Å². The Labute approximate surface area is 89.4 Å². The van der Waals surface area contributed by atoms with Crippen LogP contribution in [0.1, 0.15) is 19.8 Å². The van der Waals surface area contributed by atoms with Crippen LogP contribution in [0.25, 0.3) is 0 Å². The van der Waals surface area contributed by atoms with Crippen LogP contribution >= 0.6 is 0 Å². The van der Waals surface area contributed by atoms with Gasteiger partial charge >= 0.3 is 5.97 Å². The minimum absolute atomic E-state index is 0.0609. The molecule has 15 heavy (non-hydrogen) atoms. The SMILES string of the molecule is CNCC(C)C(=O)N1CCC[C@@H]1C(=O)O. The van der Waals surface area contributed by atoms with Crippen LogP contribution in [0.5, 0.6) is 0 Å². The summed E-state index contributed by atoms with van der Waals surface area (Å²) in [5.74, 6) is -1.11. The molecule has 0 spiro atoms. The molecule has 0 aromatic heterocycles. The summed E-state index contributed by atoms with van der Waals surface area (Å²) in [6.07, 6.45) is 1.36. The van der Waals surface area contributed by atoms with Crippen molar-refractivity contribution in [3.63, 3.8) is 0 Å². The molecule has 86 valence electrons. The summed E-state index contributed by atoms with van der Waals surface area (Å²) in [5.41, 5.74) is 0. The Kier molecular flexibility index (Phi) is 4.08. The maximum absolute atomic E-state index is 11.9. The first-order valence-corrected chi connectivity index (χ1v) is 5.25. The first kappa shape index (κ1) is 12.0. The van der Waals surface area contributed by atoms with Crippen LogP contribution in [0, 0.1) is 5.92 Å². The lowest BCUT2D eigenvalue weighted by Crippen LogP contribution is -2.44. The van der Waals surface area contributed by atoms with Crippen molar-refractivity contribution in [3.8, 4) is 0 Å². The van der Waals surface area contributed by atoms with Gasteiger partial charge in [0.05, 0.1) is 0 Å². The predicted molar refractivity (Wildman–Crippen MR) is 55.5 cm³/mol. The number of carbonyl (C=O) groups is 2. The number of amides is 1. The molecular weight excluding hydrogens is 196 g/mol. The van der Waals surface area contributed by atoms with Crippen LogP contribution in [0.4, 0.5) is 0 Å². The summed E-state index contributed by atoms with van der Waals surface area (Å²) < 4.78 is 0. The molecule has 0 bridgehead atoms. The number of nitrogens with one attached hydrogen (secondary N) is 1. The third-order valence-electron chi connectivity index (χ3n) is 2.75. The Morgan fingerprint density at radius 3 is 2.80 bits per heavy atom. The molecule has 2 N–H and O–H groups in total. The molecular formula is C10H18N2O3. The molecule has 0 saturated carbocycles. The average molecular weight is 214 g/mol. The fraction of sp³-hybridized carbons (Fsp3) is 0.800. The standard InChI is InChI=1S/C10H18N2O3/c1-7(6-11-2)9(13)12-5-3-4-8(12)10(14)15/h7-8,11H,3-6H2,1-2H3,(H,14,15)/t7?,8-/m1/s1. The molecule has 1 aliphatic heterocycles. The van der Waals surface area contributed by atoms with Crippen LogP contribution in [0.3, 0.4) is 0 Å². The van der Waals surface area contributed by atoms with Gasteiger partial charge in [-0.1, -0.05) is 6.92 Å². The van der Waals surface area contributed by atoms with Gasteiger partial charge in [0.2, 0.25) is 5.91 Å². The predicted octanol–water partition coefficient (Wildman–Crippen LogP) is -0.0825. The van der Waals surface area contributed by atoms with E-state index in [-0.39, 0.29) is 11.8 Å². The lowest BCUT2D eigenvalue weighted by Gasteiger charge is -2.24. The number of hydrogen-bond donors (Lipinski definition) is 2. The molecule has 0 aromatic carbocycles. The van der Waals surface area contributed by atoms with E-state index in [2.05, 4.69) is 5.32 Å². The van der Waals surface area contributed by atoms with Gasteiger partial charge in [0.15, 0.2) is 0 Å². The fourth-order valence-corrected chi connectivity index (χ4v) is 1.96. The largest absolute Gasteiger partial charge is 0.480 e. The zero-order chi connectivity index (χ0) is 11.4. The van der Waals surface area contributed by atoms with Gasteiger partial charge in [0.1, 0.15) is 6.04 Å². The molecule has 5 heteroatoms. The van der Waals surface area contributed by atoms with Crippen molar-refractivity contribution in [1.29, 1.82) is 0 Å². The molecule has 0 radical (unpaired) electrons. The van der Waals surface area contributed by atoms with Crippen molar-refractivity contribution in [1.82, 2.24) is 10.2 Å². The van der Waals surface area contributed by atoms with Gasteiger partial charge in [0, 0.05) is 19.0 Å². The second kappa shape index (κ2) is 5.11. The van der Waals surface area contributed by atoms with Crippen LogP contribution in [-0.2, 0) is 9.59 Å². The number of nitrogens with zero attached hydrogens (tertiary/aromatic N) is 1. The van der Waals surface area contributed by atoms with Crippen LogP contribution in [0.15, 0.2) is 0 Å². The maximum Gasteiger partial charge on any atom is 0.326 e. The number of rotatable bonds is 4. The lowest BCUT2D eigenvalue weighted by molar-refractivity contribution is -0.149. The van der Waals surface area contributed by atoms with E-state index in [4.69, 9.17) is 5.11 Å². The minimum atomic E-state index is -0.891. The lowest BCUT2D eigenvalue weighted by atomic mass is 10.1. The molecule has 1 unspecified atom stereocenters. The Morgan fingerprint density at radius 2 is 2.27 bits per heavy atom. The highest BCUT2D eigenvalue weighted by molar-refractivity contribution is 5.85. The quantitative estimate of drug-likeness (QED) is 0.686. The summed E-state index contributed by atoms with van der Waals surface area (Å²) in [6, 6.07) is -0.614. The summed E-state index contributed by atoms with van der Waals surface area (Å²) in [6.45, 7) is 2.97. The third kappa shape index (κ3) is 2.68. The highest BCUT2D eigenvalue weighted by atomic mass is 16.4. The van der Waals surface area contributed by atoms with E-state index >= 15 is 0 Å². The first-order chi connectivity index (χ1) is 7.07. The van der Waals surface area contributed by atoms with Crippen molar-refractivity contribution in [2.75, 3.05) is 20.1 Å². The van der Waals surface area contributed by atoms with Gasteiger partial charge < -0.3 is 15.3 Å². The summed E-state index contributed by atoms with van der Waals surface area (Å²) >= 11 is 0. The Balaban J connectivity index is 2.62. The van der Waals surface area contributed by atoms with Crippen molar-refractivity contribution in [2.45, 2.75) is 25.8 Å². The van der Waals surface area contributed by atoms with Crippen molar-refractivity contribution in [2.24, 2.45) is 5.92 Å². The number of hydrogen-bond acceptors (Lipinski definition) is 3.